The zero-order chi connectivity index (χ0) is 41.6. The number of ether oxygens (including phenoxy) is 2. The first kappa shape index (κ1) is 53.7. The second kappa shape index (κ2) is 38.8. The molecular formula is C48H91NO8. The summed E-state index contributed by atoms with van der Waals surface area (Å²) in [5.74, 6) is -0.181. The zero-order valence-corrected chi connectivity index (χ0v) is 36.9. The minimum absolute atomic E-state index is 0.181. The van der Waals surface area contributed by atoms with Crippen molar-refractivity contribution < 1.29 is 39.8 Å². The maximum atomic E-state index is 13.0. The Morgan fingerprint density at radius 2 is 0.982 bits per heavy atom. The molecule has 1 saturated heterocycles. The van der Waals surface area contributed by atoms with E-state index in [-0.39, 0.29) is 12.5 Å². The third-order valence-corrected chi connectivity index (χ3v) is 11.5. The van der Waals surface area contributed by atoms with Gasteiger partial charge in [-0.2, -0.15) is 0 Å². The van der Waals surface area contributed by atoms with Crippen LogP contribution in [0.2, 0.25) is 0 Å². The van der Waals surface area contributed by atoms with Gasteiger partial charge in [0.25, 0.3) is 0 Å². The summed E-state index contributed by atoms with van der Waals surface area (Å²) in [4.78, 5) is 13.0. The van der Waals surface area contributed by atoms with E-state index in [0.29, 0.717) is 6.42 Å². The smallest absolute Gasteiger partial charge is 0.220 e. The summed E-state index contributed by atoms with van der Waals surface area (Å²) >= 11 is 0. The van der Waals surface area contributed by atoms with Crippen molar-refractivity contribution >= 4 is 5.91 Å². The van der Waals surface area contributed by atoms with Gasteiger partial charge in [0, 0.05) is 6.42 Å². The quantitative estimate of drug-likeness (QED) is 0.0265. The number of carbonyl (C=O) groups excluding carboxylic acids is 1. The van der Waals surface area contributed by atoms with Crippen LogP contribution in [0, 0.1) is 0 Å². The second-order valence-electron chi connectivity index (χ2n) is 16.9. The molecule has 1 rings (SSSR count). The normalized spacial score (nSPS) is 21.1. The lowest BCUT2D eigenvalue weighted by molar-refractivity contribution is -0.302. The number of rotatable bonds is 40. The van der Waals surface area contributed by atoms with E-state index in [1.165, 1.54) is 161 Å². The van der Waals surface area contributed by atoms with Crippen molar-refractivity contribution in [1.82, 2.24) is 5.32 Å². The monoisotopic (exact) mass is 810 g/mol. The summed E-state index contributed by atoms with van der Waals surface area (Å²) in [6, 6.07) is -0.803. The van der Waals surface area contributed by atoms with Crippen molar-refractivity contribution in [2.24, 2.45) is 0 Å². The van der Waals surface area contributed by atoms with Crippen molar-refractivity contribution in [1.29, 1.82) is 0 Å². The van der Waals surface area contributed by atoms with Gasteiger partial charge in [-0.25, -0.2) is 0 Å². The Kier molecular flexibility index (Phi) is 36.6. The van der Waals surface area contributed by atoms with Gasteiger partial charge in [-0.15, -0.1) is 0 Å². The number of aliphatic hydroxyl groups excluding tert-OH is 5. The molecule has 0 aliphatic carbocycles. The Morgan fingerprint density at radius 3 is 1.42 bits per heavy atom. The number of nitrogens with one attached hydrogen (secondary N) is 1. The van der Waals surface area contributed by atoms with Gasteiger partial charge < -0.3 is 40.3 Å². The molecule has 0 bridgehead atoms. The predicted octanol–water partition coefficient (Wildman–Crippen LogP) is 10.3. The number of unbranched alkanes of at least 4 members (excludes halogenated alkanes) is 28. The highest BCUT2D eigenvalue weighted by molar-refractivity contribution is 5.76. The van der Waals surface area contributed by atoms with Crippen LogP contribution in [-0.2, 0) is 14.3 Å². The molecule has 0 aromatic heterocycles. The molecule has 1 amide bonds. The van der Waals surface area contributed by atoms with E-state index in [0.717, 1.165) is 38.5 Å². The third-order valence-electron chi connectivity index (χ3n) is 11.5. The molecule has 0 saturated carbocycles. The van der Waals surface area contributed by atoms with Gasteiger partial charge in [0.15, 0.2) is 6.29 Å². The largest absolute Gasteiger partial charge is 0.394 e. The van der Waals surface area contributed by atoms with E-state index in [4.69, 9.17) is 9.47 Å². The highest BCUT2D eigenvalue weighted by atomic mass is 16.7. The molecule has 1 aliphatic heterocycles. The van der Waals surface area contributed by atoms with Crippen LogP contribution in [0.25, 0.3) is 0 Å². The Morgan fingerprint density at radius 1 is 0.579 bits per heavy atom. The van der Waals surface area contributed by atoms with E-state index in [1.807, 2.05) is 6.08 Å². The summed E-state index contributed by atoms with van der Waals surface area (Å²) in [6.07, 6.45) is 39.3. The number of hydrogen-bond donors (Lipinski definition) is 6. The fourth-order valence-electron chi connectivity index (χ4n) is 7.62. The molecule has 6 N–H and O–H groups in total. The zero-order valence-electron chi connectivity index (χ0n) is 36.9. The summed E-state index contributed by atoms with van der Waals surface area (Å²) in [6.45, 7) is 3.78. The van der Waals surface area contributed by atoms with Crippen molar-refractivity contribution in [2.75, 3.05) is 13.2 Å². The fraction of sp³-hybridized carbons (Fsp3) is 0.896. The summed E-state index contributed by atoms with van der Waals surface area (Å²) in [5, 5.41) is 54.2. The van der Waals surface area contributed by atoms with E-state index < -0.39 is 49.5 Å². The Labute approximate surface area is 349 Å². The maximum absolute atomic E-state index is 13.0. The maximum Gasteiger partial charge on any atom is 0.220 e. The van der Waals surface area contributed by atoms with Crippen LogP contribution in [0.4, 0.5) is 0 Å². The van der Waals surface area contributed by atoms with Gasteiger partial charge in [-0.3, -0.25) is 4.79 Å². The first-order valence-corrected chi connectivity index (χ1v) is 24.1. The van der Waals surface area contributed by atoms with Gasteiger partial charge in [-0.05, 0) is 44.9 Å². The van der Waals surface area contributed by atoms with Crippen LogP contribution in [-0.4, -0.2) is 87.5 Å². The third kappa shape index (κ3) is 29.5. The second-order valence-corrected chi connectivity index (χ2v) is 16.9. The van der Waals surface area contributed by atoms with Crippen molar-refractivity contribution in [3.63, 3.8) is 0 Å². The number of carbonyl (C=O) groups is 1. The predicted molar refractivity (Wildman–Crippen MR) is 235 cm³/mol. The molecule has 0 aromatic rings. The van der Waals surface area contributed by atoms with Gasteiger partial charge >= 0.3 is 0 Å². The number of allylic oxidation sites excluding steroid dienone is 3. The summed E-state index contributed by atoms with van der Waals surface area (Å²) in [5.41, 5.74) is 0. The fourth-order valence-corrected chi connectivity index (χ4v) is 7.62. The van der Waals surface area contributed by atoms with Crippen LogP contribution in [0.5, 0.6) is 0 Å². The first-order valence-electron chi connectivity index (χ1n) is 24.1. The first-order chi connectivity index (χ1) is 27.8. The average molecular weight is 810 g/mol. The summed E-state index contributed by atoms with van der Waals surface area (Å²) in [7, 11) is 0. The van der Waals surface area contributed by atoms with Crippen LogP contribution >= 0.6 is 0 Å². The molecule has 9 heteroatoms. The number of amides is 1. The van der Waals surface area contributed by atoms with Crippen molar-refractivity contribution in [2.45, 2.75) is 262 Å². The minimum Gasteiger partial charge on any atom is -0.394 e. The number of hydrogen-bond acceptors (Lipinski definition) is 8. The molecule has 9 nitrogen and oxygen atoms in total. The average Bonchev–Trinajstić information content (AvgIpc) is 3.21. The van der Waals surface area contributed by atoms with Gasteiger partial charge in [0.2, 0.25) is 5.91 Å². The van der Waals surface area contributed by atoms with Crippen LogP contribution in [0.1, 0.15) is 219 Å². The van der Waals surface area contributed by atoms with Crippen LogP contribution < -0.4 is 5.32 Å². The molecule has 1 fully saturated rings. The van der Waals surface area contributed by atoms with Crippen molar-refractivity contribution in [3.8, 4) is 0 Å². The van der Waals surface area contributed by atoms with Gasteiger partial charge in [0.1, 0.15) is 24.4 Å². The highest BCUT2D eigenvalue weighted by Gasteiger charge is 2.44. The molecule has 0 spiro atoms. The molecule has 336 valence electrons. The van der Waals surface area contributed by atoms with Crippen molar-refractivity contribution in [3.05, 3.63) is 24.3 Å². The highest BCUT2D eigenvalue weighted by Crippen LogP contribution is 2.23. The van der Waals surface area contributed by atoms with E-state index >= 15 is 0 Å². The van der Waals surface area contributed by atoms with E-state index in [9.17, 15) is 30.3 Å². The number of aliphatic hydroxyl groups is 5. The summed E-state index contributed by atoms with van der Waals surface area (Å²) < 4.78 is 11.2. The lowest BCUT2D eigenvalue weighted by atomic mass is 9.99. The standard InChI is InChI=1S/C48H91NO8/c1-3-5-7-9-11-13-15-17-19-20-21-22-23-24-26-28-30-32-34-36-38-44(52)49-41(40-56-48-47(55)46(54)45(53)43(39-50)57-48)42(51)37-35-33-31-29-27-25-18-16-14-12-10-8-6-4-2/h21-22,35,37,41-43,45-48,50-51,53-55H,3-20,23-34,36,38-40H2,1-2H3,(H,49,52)/b22-21-,37-35+. The molecule has 57 heavy (non-hydrogen) atoms. The Balaban J connectivity index is 2.32. The van der Waals surface area contributed by atoms with Gasteiger partial charge in [-0.1, -0.05) is 192 Å². The topological polar surface area (TPSA) is 149 Å². The van der Waals surface area contributed by atoms with E-state index in [1.54, 1.807) is 6.08 Å². The lowest BCUT2D eigenvalue weighted by Gasteiger charge is -2.40. The SMILES string of the molecule is CCCCCCCCCCC/C=C\CCCCCCCCCC(=O)NC(COC1OC(CO)C(O)C(O)C1O)C(O)/C=C/CCCCCCCCCCCCCC. The van der Waals surface area contributed by atoms with Crippen LogP contribution in [0.15, 0.2) is 24.3 Å². The molecule has 0 radical (unpaired) electrons. The minimum atomic E-state index is -1.56. The molecular weight excluding hydrogens is 719 g/mol. The molecule has 7 unspecified atom stereocenters. The van der Waals surface area contributed by atoms with E-state index in [2.05, 4.69) is 31.3 Å². The van der Waals surface area contributed by atoms with Crippen LogP contribution in [0.3, 0.4) is 0 Å². The molecule has 1 heterocycles. The van der Waals surface area contributed by atoms with Gasteiger partial charge in [0.05, 0.1) is 25.4 Å². The Hall–Kier alpha value is -1.33. The molecule has 7 atom stereocenters. The Bertz CT molecular complexity index is 945. The molecule has 1 aliphatic rings. The lowest BCUT2D eigenvalue weighted by Crippen LogP contribution is -2.60. The molecule has 0 aromatic carbocycles.